The molecule has 0 saturated carbocycles. The van der Waals surface area contributed by atoms with Crippen LogP contribution in [0.4, 0.5) is 31.1 Å². The third-order valence-corrected chi connectivity index (χ3v) is 5.57. The number of rotatable bonds is 3. The predicted octanol–water partition coefficient (Wildman–Crippen LogP) is 5.92. The summed E-state index contributed by atoms with van der Waals surface area (Å²) in [4.78, 5) is 14.2. The van der Waals surface area contributed by atoms with Gasteiger partial charge < -0.3 is 9.47 Å². The quantitative estimate of drug-likeness (QED) is 0.522. The molecule has 2 aromatic carbocycles. The average molecular weight is 471 g/mol. The molecular formula is C23H19F6NO3. The van der Waals surface area contributed by atoms with Gasteiger partial charge in [0.15, 0.2) is 0 Å². The van der Waals surface area contributed by atoms with Crippen LogP contribution in [0, 0.1) is 0 Å². The van der Waals surface area contributed by atoms with Gasteiger partial charge in [-0.3, -0.25) is 4.90 Å². The van der Waals surface area contributed by atoms with Crippen LogP contribution >= 0.6 is 0 Å². The summed E-state index contributed by atoms with van der Waals surface area (Å²) in [7, 11) is 0. The van der Waals surface area contributed by atoms with Gasteiger partial charge in [0.1, 0.15) is 6.61 Å². The molecule has 2 unspecified atom stereocenters. The lowest BCUT2D eigenvalue weighted by Gasteiger charge is -2.43. The van der Waals surface area contributed by atoms with E-state index in [4.69, 9.17) is 9.47 Å². The Morgan fingerprint density at radius 3 is 2.18 bits per heavy atom. The Balaban J connectivity index is 1.61. The van der Waals surface area contributed by atoms with E-state index in [9.17, 15) is 31.1 Å². The molecule has 2 aromatic rings. The molecule has 1 fully saturated rings. The molecule has 0 aromatic heterocycles. The lowest BCUT2D eigenvalue weighted by Crippen LogP contribution is -2.56. The van der Waals surface area contributed by atoms with E-state index in [1.54, 1.807) is 24.3 Å². The topological polar surface area (TPSA) is 38.8 Å². The number of alkyl halides is 6. The van der Waals surface area contributed by atoms with Gasteiger partial charge in [-0.1, -0.05) is 36.4 Å². The highest BCUT2D eigenvalue weighted by Gasteiger charge is 2.41. The molecule has 33 heavy (non-hydrogen) atoms. The molecule has 2 heterocycles. The zero-order valence-corrected chi connectivity index (χ0v) is 17.1. The highest BCUT2D eigenvalue weighted by atomic mass is 19.4. The zero-order chi connectivity index (χ0) is 23.8. The second-order valence-electron chi connectivity index (χ2n) is 7.90. The number of benzene rings is 2. The maximum atomic E-state index is 13.3. The largest absolute Gasteiger partial charge is 0.445 e. The first-order chi connectivity index (χ1) is 15.5. The number of halogens is 6. The number of hydrogen-bond donors (Lipinski definition) is 0. The van der Waals surface area contributed by atoms with E-state index >= 15 is 0 Å². The van der Waals surface area contributed by atoms with Crippen molar-refractivity contribution in [1.29, 1.82) is 0 Å². The van der Waals surface area contributed by atoms with Gasteiger partial charge in [-0.05, 0) is 41.3 Å². The van der Waals surface area contributed by atoms with Gasteiger partial charge >= 0.3 is 18.4 Å². The number of ether oxygens (including phenoxy) is 2. The van der Waals surface area contributed by atoms with Gasteiger partial charge in [0.05, 0.1) is 36.4 Å². The minimum Gasteiger partial charge on any atom is -0.445 e. The molecule has 1 amide bonds. The van der Waals surface area contributed by atoms with Crippen LogP contribution in [0.5, 0.6) is 0 Å². The van der Waals surface area contributed by atoms with E-state index < -0.39 is 41.7 Å². The van der Waals surface area contributed by atoms with Crippen molar-refractivity contribution in [3.8, 4) is 0 Å². The van der Waals surface area contributed by atoms with Crippen LogP contribution in [-0.4, -0.2) is 36.3 Å². The fourth-order valence-corrected chi connectivity index (χ4v) is 4.03. The summed E-state index contributed by atoms with van der Waals surface area (Å²) in [6.45, 7) is 0.195. The number of morpholine rings is 1. The second-order valence-corrected chi connectivity index (χ2v) is 7.90. The van der Waals surface area contributed by atoms with Crippen molar-refractivity contribution in [3.63, 3.8) is 0 Å². The maximum absolute atomic E-state index is 13.3. The molecule has 2 atom stereocenters. The summed E-state index contributed by atoms with van der Waals surface area (Å²) in [5, 5.41) is 0. The van der Waals surface area contributed by atoms with Gasteiger partial charge in [-0.2, -0.15) is 26.3 Å². The maximum Gasteiger partial charge on any atom is 0.416 e. The summed E-state index contributed by atoms with van der Waals surface area (Å²) in [6, 6.07) is 9.27. The number of carbonyl (C=O) groups is 1. The molecule has 2 aliphatic rings. The first-order valence-electron chi connectivity index (χ1n) is 10.1. The Hall–Kier alpha value is -3.01. The van der Waals surface area contributed by atoms with E-state index in [1.807, 2.05) is 6.07 Å². The van der Waals surface area contributed by atoms with Crippen LogP contribution in [0.1, 0.15) is 28.7 Å². The molecule has 0 aliphatic carbocycles. The smallest absolute Gasteiger partial charge is 0.416 e. The average Bonchev–Trinajstić information content (AvgIpc) is 2.75. The Morgan fingerprint density at radius 2 is 1.61 bits per heavy atom. The number of carbonyl (C=O) groups excluding carboxylic acids is 1. The minimum absolute atomic E-state index is 0.0372. The van der Waals surface area contributed by atoms with Crippen molar-refractivity contribution in [3.05, 3.63) is 76.9 Å². The molecule has 4 rings (SSSR count). The van der Waals surface area contributed by atoms with Crippen LogP contribution in [-0.2, 0) is 28.4 Å². The Morgan fingerprint density at radius 1 is 0.970 bits per heavy atom. The van der Waals surface area contributed by atoms with Crippen molar-refractivity contribution >= 4 is 11.7 Å². The van der Waals surface area contributed by atoms with Gasteiger partial charge in [0.25, 0.3) is 0 Å². The van der Waals surface area contributed by atoms with E-state index in [1.165, 1.54) is 11.0 Å². The van der Waals surface area contributed by atoms with E-state index in [0.717, 1.165) is 5.56 Å². The molecule has 1 saturated heterocycles. The molecule has 0 spiro atoms. The molecule has 0 radical (unpaired) electrons. The van der Waals surface area contributed by atoms with E-state index in [2.05, 4.69) is 0 Å². The van der Waals surface area contributed by atoms with E-state index in [0.29, 0.717) is 17.7 Å². The van der Waals surface area contributed by atoms with E-state index in [-0.39, 0.29) is 37.9 Å². The normalized spacial score (nSPS) is 20.9. The van der Waals surface area contributed by atoms with Crippen molar-refractivity contribution in [2.45, 2.75) is 37.5 Å². The standard InChI is InChI=1S/C23H19F6NO3/c24-22(25,26)17-6-15(7-18(10-17)23(27,28)29)16-8-19-12-32-13-20(9-16)30(19)21(31)33-11-14-4-2-1-3-5-14/h1-8,10,19-20H,9,11-13H2. The first-order valence-corrected chi connectivity index (χ1v) is 10.1. The Kier molecular flexibility index (Phi) is 6.13. The van der Waals surface area contributed by atoms with Crippen molar-refractivity contribution in [2.24, 2.45) is 0 Å². The number of hydrogen-bond acceptors (Lipinski definition) is 3. The van der Waals surface area contributed by atoms with Crippen LogP contribution in [0.3, 0.4) is 0 Å². The predicted molar refractivity (Wildman–Crippen MR) is 106 cm³/mol. The first kappa shape index (κ1) is 23.2. The Bertz CT molecular complexity index is 1020. The molecule has 2 bridgehead atoms. The summed E-state index contributed by atoms with van der Waals surface area (Å²) < 4.78 is 90.3. The van der Waals surface area contributed by atoms with Gasteiger partial charge in [-0.25, -0.2) is 4.79 Å². The molecule has 0 N–H and O–H groups in total. The molecule has 2 aliphatic heterocycles. The second kappa shape index (κ2) is 8.74. The molecule has 176 valence electrons. The van der Waals surface area contributed by atoms with Crippen LogP contribution in [0.15, 0.2) is 54.6 Å². The molecule has 10 heteroatoms. The molecular weight excluding hydrogens is 452 g/mol. The van der Waals surface area contributed by atoms with Gasteiger partial charge in [0.2, 0.25) is 0 Å². The van der Waals surface area contributed by atoms with Crippen molar-refractivity contribution in [1.82, 2.24) is 4.90 Å². The van der Waals surface area contributed by atoms with Crippen LogP contribution in [0.2, 0.25) is 0 Å². The summed E-state index contributed by atoms with van der Waals surface area (Å²) >= 11 is 0. The van der Waals surface area contributed by atoms with Gasteiger partial charge in [0, 0.05) is 0 Å². The Labute approximate surface area is 185 Å². The summed E-state index contributed by atoms with van der Waals surface area (Å²) in [6.07, 6.45) is -8.97. The third-order valence-electron chi connectivity index (χ3n) is 5.57. The summed E-state index contributed by atoms with van der Waals surface area (Å²) in [5.41, 5.74) is -1.84. The number of nitrogens with zero attached hydrogens (tertiary/aromatic N) is 1. The van der Waals surface area contributed by atoms with Crippen molar-refractivity contribution < 1.29 is 40.6 Å². The number of fused-ring (bicyclic) bond motifs is 2. The highest BCUT2D eigenvalue weighted by molar-refractivity contribution is 5.75. The fraction of sp³-hybridized carbons (Fsp3) is 0.348. The van der Waals surface area contributed by atoms with Crippen molar-refractivity contribution in [2.75, 3.05) is 13.2 Å². The SMILES string of the molecule is O=C(OCc1ccccc1)N1C2C=C(c3cc(C(F)(F)F)cc(C(F)(F)F)c3)CC1COC2. The number of amides is 1. The molecule has 4 nitrogen and oxygen atoms in total. The van der Waals surface area contributed by atoms with Gasteiger partial charge in [-0.15, -0.1) is 0 Å². The fourth-order valence-electron chi connectivity index (χ4n) is 4.03. The highest BCUT2D eigenvalue weighted by Crippen LogP contribution is 2.40. The van der Waals surface area contributed by atoms with Crippen LogP contribution in [0.25, 0.3) is 5.57 Å². The lowest BCUT2D eigenvalue weighted by molar-refractivity contribution is -0.143. The third kappa shape index (κ3) is 5.16. The lowest BCUT2D eigenvalue weighted by atomic mass is 9.88. The van der Waals surface area contributed by atoms with Crippen LogP contribution < -0.4 is 0 Å². The summed E-state index contributed by atoms with van der Waals surface area (Å²) in [5.74, 6) is 0. The minimum atomic E-state index is -4.93. The monoisotopic (exact) mass is 471 g/mol. The zero-order valence-electron chi connectivity index (χ0n) is 17.1.